The first-order valence-corrected chi connectivity index (χ1v) is 11.4. The van der Waals surface area contributed by atoms with Gasteiger partial charge in [0.05, 0.1) is 30.2 Å². The Morgan fingerprint density at radius 3 is 2.42 bits per heavy atom. The van der Waals surface area contributed by atoms with Gasteiger partial charge >= 0.3 is 0 Å². The first-order chi connectivity index (χ1) is 16.1. The molecule has 0 spiro atoms. The maximum absolute atomic E-state index is 13.8. The molecule has 0 bridgehead atoms. The minimum absolute atomic E-state index is 0.0495. The first-order valence-electron chi connectivity index (χ1n) is 11.4. The average molecular weight is 440 g/mol. The Morgan fingerprint density at radius 1 is 0.939 bits per heavy atom. The van der Waals surface area contributed by atoms with Crippen LogP contribution in [0, 0.1) is 13.8 Å². The maximum atomic E-state index is 13.8. The van der Waals surface area contributed by atoms with Crippen LogP contribution in [0.5, 0.6) is 0 Å². The topological polar surface area (TPSA) is 74.8 Å². The number of hydrogen-bond acceptors (Lipinski definition) is 5. The van der Waals surface area contributed by atoms with Gasteiger partial charge in [-0.3, -0.25) is 9.36 Å². The van der Waals surface area contributed by atoms with Crippen molar-refractivity contribution >= 4 is 33.2 Å². The van der Waals surface area contributed by atoms with Crippen molar-refractivity contribution < 1.29 is 4.74 Å². The third kappa shape index (κ3) is 3.40. The molecule has 3 aromatic heterocycles. The normalized spacial score (nSPS) is 16.4. The quantitative estimate of drug-likeness (QED) is 0.421. The molecule has 1 fully saturated rings. The number of aryl methyl sites for hydroxylation is 2. The van der Waals surface area contributed by atoms with Crippen LogP contribution in [-0.2, 0) is 17.8 Å². The Morgan fingerprint density at radius 2 is 1.70 bits per heavy atom. The Kier molecular flexibility index (Phi) is 4.73. The van der Waals surface area contributed by atoms with E-state index in [1.54, 1.807) is 4.57 Å². The molecule has 0 unspecified atom stereocenters. The molecule has 33 heavy (non-hydrogen) atoms. The lowest BCUT2D eigenvalue weighted by molar-refractivity contribution is 0.0955. The minimum Gasteiger partial charge on any atom is -0.376 e. The van der Waals surface area contributed by atoms with Gasteiger partial charge in [-0.1, -0.05) is 42.0 Å². The number of rotatable bonds is 4. The minimum atomic E-state index is -0.0785. The zero-order valence-corrected chi connectivity index (χ0v) is 18.8. The SMILES string of the molecule is Cc1ccc(Cn2c3nc4ccccc4nc3c3c(=O)n(C[C@H]4CCCO4)c(C)nc32)cc1. The molecule has 1 atom stereocenters. The number of aromatic nitrogens is 5. The fraction of sp³-hybridized carbons (Fsp3) is 0.308. The Bertz CT molecular complexity index is 1560. The van der Waals surface area contributed by atoms with E-state index < -0.39 is 0 Å². The summed E-state index contributed by atoms with van der Waals surface area (Å²) in [6.45, 7) is 5.79. The van der Waals surface area contributed by atoms with Crippen molar-refractivity contribution in [3.8, 4) is 0 Å². The van der Waals surface area contributed by atoms with E-state index in [0.717, 1.165) is 36.0 Å². The number of ether oxygens (including phenoxy) is 1. The Balaban J connectivity index is 1.63. The van der Waals surface area contributed by atoms with E-state index in [9.17, 15) is 4.79 Å². The molecule has 2 aromatic carbocycles. The molecule has 0 radical (unpaired) electrons. The second-order valence-electron chi connectivity index (χ2n) is 8.86. The maximum Gasteiger partial charge on any atom is 0.265 e. The van der Waals surface area contributed by atoms with Gasteiger partial charge in [0.25, 0.3) is 5.56 Å². The molecule has 1 aliphatic heterocycles. The van der Waals surface area contributed by atoms with Crippen molar-refractivity contribution in [3.05, 3.63) is 75.8 Å². The third-order valence-electron chi connectivity index (χ3n) is 6.51. The number of benzene rings is 2. The lowest BCUT2D eigenvalue weighted by Crippen LogP contribution is -2.29. The molecular weight excluding hydrogens is 414 g/mol. The monoisotopic (exact) mass is 439 g/mol. The van der Waals surface area contributed by atoms with Gasteiger partial charge in [-0.05, 0) is 44.4 Å². The van der Waals surface area contributed by atoms with E-state index in [0.29, 0.717) is 41.1 Å². The summed E-state index contributed by atoms with van der Waals surface area (Å²) in [5.41, 5.74) is 5.74. The highest BCUT2D eigenvalue weighted by Gasteiger charge is 2.24. The first kappa shape index (κ1) is 20.1. The van der Waals surface area contributed by atoms with Gasteiger partial charge in [0.15, 0.2) is 11.3 Å². The molecule has 7 heteroatoms. The molecule has 7 nitrogen and oxygen atoms in total. The van der Waals surface area contributed by atoms with E-state index in [-0.39, 0.29) is 11.7 Å². The summed E-state index contributed by atoms with van der Waals surface area (Å²) in [5, 5.41) is 0.527. The fourth-order valence-electron chi connectivity index (χ4n) is 4.73. The van der Waals surface area contributed by atoms with Crippen LogP contribution >= 0.6 is 0 Å². The van der Waals surface area contributed by atoms with Crippen LogP contribution in [0.1, 0.15) is 29.8 Å². The van der Waals surface area contributed by atoms with Crippen LogP contribution < -0.4 is 5.56 Å². The zero-order chi connectivity index (χ0) is 22.5. The second kappa shape index (κ2) is 7.78. The summed E-state index contributed by atoms with van der Waals surface area (Å²) in [6.07, 6.45) is 2.04. The summed E-state index contributed by atoms with van der Waals surface area (Å²) in [5.74, 6) is 0.681. The molecule has 4 heterocycles. The van der Waals surface area contributed by atoms with Crippen molar-refractivity contribution in [1.29, 1.82) is 0 Å². The van der Waals surface area contributed by atoms with Gasteiger partial charge in [0, 0.05) is 6.61 Å². The highest BCUT2D eigenvalue weighted by Crippen LogP contribution is 2.27. The number of para-hydroxylation sites is 2. The fourth-order valence-corrected chi connectivity index (χ4v) is 4.73. The predicted molar refractivity (Wildman–Crippen MR) is 129 cm³/mol. The van der Waals surface area contributed by atoms with Crippen molar-refractivity contribution in [2.45, 2.75) is 45.9 Å². The van der Waals surface area contributed by atoms with Crippen LogP contribution in [0.2, 0.25) is 0 Å². The van der Waals surface area contributed by atoms with Crippen LogP contribution in [0.4, 0.5) is 0 Å². The summed E-state index contributed by atoms with van der Waals surface area (Å²) < 4.78 is 9.57. The lowest BCUT2D eigenvalue weighted by atomic mass is 10.1. The van der Waals surface area contributed by atoms with E-state index in [1.807, 2.05) is 35.8 Å². The molecule has 0 saturated carbocycles. The molecular formula is C26H25N5O2. The molecule has 5 aromatic rings. The molecule has 1 saturated heterocycles. The number of nitrogens with zero attached hydrogens (tertiary/aromatic N) is 5. The van der Waals surface area contributed by atoms with E-state index in [4.69, 9.17) is 19.7 Å². The summed E-state index contributed by atoms with van der Waals surface area (Å²) >= 11 is 0. The van der Waals surface area contributed by atoms with Crippen LogP contribution in [0.3, 0.4) is 0 Å². The second-order valence-corrected chi connectivity index (χ2v) is 8.86. The van der Waals surface area contributed by atoms with Gasteiger partial charge in [0.1, 0.15) is 16.7 Å². The van der Waals surface area contributed by atoms with E-state index in [1.165, 1.54) is 5.56 Å². The number of hydrogen-bond donors (Lipinski definition) is 0. The molecule has 0 N–H and O–H groups in total. The molecule has 0 aliphatic carbocycles. The smallest absolute Gasteiger partial charge is 0.265 e. The predicted octanol–water partition coefficient (Wildman–Crippen LogP) is 4.14. The molecule has 0 amide bonds. The van der Waals surface area contributed by atoms with Gasteiger partial charge in [-0.2, -0.15) is 0 Å². The lowest BCUT2D eigenvalue weighted by Gasteiger charge is -2.14. The van der Waals surface area contributed by atoms with Crippen LogP contribution in [0.15, 0.2) is 53.3 Å². The van der Waals surface area contributed by atoms with Crippen molar-refractivity contribution in [1.82, 2.24) is 24.1 Å². The Hall–Kier alpha value is -3.58. The van der Waals surface area contributed by atoms with Gasteiger partial charge in [-0.15, -0.1) is 0 Å². The number of fused-ring (bicyclic) bond motifs is 4. The van der Waals surface area contributed by atoms with Gasteiger partial charge in [0.2, 0.25) is 0 Å². The van der Waals surface area contributed by atoms with Crippen molar-refractivity contribution in [3.63, 3.8) is 0 Å². The van der Waals surface area contributed by atoms with Crippen molar-refractivity contribution in [2.24, 2.45) is 0 Å². The zero-order valence-electron chi connectivity index (χ0n) is 18.8. The third-order valence-corrected chi connectivity index (χ3v) is 6.51. The molecule has 1 aliphatic rings. The van der Waals surface area contributed by atoms with E-state index >= 15 is 0 Å². The van der Waals surface area contributed by atoms with Crippen LogP contribution in [-0.4, -0.2) is 36.8 Å². The average Bonchev–Trinajstić information content (AvgIpc) is 3.43. The standard InChI is InChI=1S/C26H25N5O2/c1-16-9-11-18(12-10-16)14-31-24-22(23-25(31)29-21-8-4-3-7-20(21)28-23)26(32)30(17(2)27-24)15-19-6-5-13-33-19/h3-4,7-12,19H,5-6,13-15H2,1-2H3/t19-/m1/s1. The van der Waals surface area contributed by atoms with Gasteiger partial charge in [-0.25, -0.2) is 15.0 Å². The summed E-state index contributed by atoms with van der Waals surface area (Å²) in [7, 11) is 0. The van der Waals surface area contributed by atoms with Gasteiger partial charge < -0.3 is 9.30 Å². The highest BCUT2D eigenvalue weighted by atomic mass is 16.5. The highest BCUT2D eigenvalue weighted by molar-refractivity contribution is 6.04. The molecule has 6 rings (SSSR count). The van der Waals surface area contributed by atoms with Crippen molar-refractivity contribution in [2.75, 3.05) is 6.61 Å². The summed E-state index contributed by atoms with van der Waals surface area (Å²) in [4.78, 5) is 28.5. The molecule has 166 valence electrons. The Labute approximate surface area is 190 Å². The summed E-state index contributed by atoms with van der Waals surface area (Å²) in [6, 6.07) is 16.2. The van der Waals surface area contributed by atoms with E-state index in [2.05, 4.69) is 31.2 Å². The van der Waals surface area contributed by atoms with Crippen LogP contribution in [0.25, 0.3) is 33.2 Å². The largest absolute Gasteiger partial charge is 0.376 e.